The summed E-state index contributed by atoms with van der Waals surface area (Å²) in [5.74, 6) is -0.861. The van der Waals surface area contributed by atoms with Crippen LogP contribution in [0.3, 0.4) is 0 Å². The van der Waals surface area contributed by atoms with Crippen molar-refractivity contribution >= 4 is 21.6 Å². The first-order valence-corrected chi connectivity index (χ1v) is 8.42. The molecule has 0 aromatic heterocycles. The molecule has 0 saturated heterocycles. The van der Waals surface area contributed by atoms with Gasteiger partial charge in [0.25, 0.3) is 0 Å². The van der Waals surface area contributed by atoms with Gasteiger partial charge in [-0.15, -0.1) is 0 Å². The molecule has 1 saturated carbocycles. The van der Waals surface area contributed by atoms with Gasteiger partial charge in [0.1, 0.15) is 10.7 Å². The molecule has 0 radical (unpaired) electrons. The summed E-state index contributed by atoms with van der Waals surface area (Å²) < 4.78 is 40.3. The third-order valence-electron chi connectivity index (χ3n) is 3.65. The molecule has 0 aliphatic heterocycles. The lowest BCUT2D eigenvalue weighted by atomic mass is 9.83. The van der Waals surface area contributed by atoms with Gasteiger partial charge >= 0.3 is 0 Å². The molecule has 112 valence electrons. The topological polar surface area (TPSA) is 72.2 Å². The maximum absolute atomic E-state index is 13.7. The smallest absolute Gasteiger partial charge is 0.243 e. The highest BCUT2D eigenvalue weighted by atomic mass is 35.5. The Kier molecular flexibility index (Phi) is 4.69. The number of nitrogens with two attached hydrogens (primary N) is 1. The highest BCUT2D eigenvalue weighted by Gasteiger charge is 2.30. The Morgan fingerprint density at radius 1 is 1.30 bits per heavy atom. The molecular weight excluding hydrogens is 303 g/mol. The van der Waals surface area contributed by atoms with Crippen LogP contribution in [0.15, 0.2) is 23.1 Å². The minimum absolute atomic E-state index is 0.122. The van der Waals surface area contributed by atoms with E-state index in [9.17, 15) is 12.8 Å². The summed E-state index contributed by atoms with van der Waals surface area (Å²) in [7, 11) is -3.91. The highest BCUT2D eigenvalue weighted by Crippen LogP contribution is 2.26. The number of nitrogens with one attached hydrogen (secondary N) is 1. The van der Waals surface area contributed by atoms with Gasteiger partial charge in [0.05, 0.1) is 0 Å². The van der Waals surface area contributed by atoms with Crippen LogP contribution in [-0.4, -0.2) is 20.5 Å². The van der Waals surface area contributed by atoms with Crippen molar-refractivity contribution in [3.8, 4) is 0 Å². The highest BCUT2D eigenvalue weighted by molar-refractivity contribution is 7.89. The maximum Gasteiger partial charge on any atom is 0.243 e. The van der Waals surface area contributed by atoms with Crippen LogP contribution in [0.1, 0.15) is 32.1 Å². The third-order valence-corrected chi connectivity index (χ3v) is 5.32. The van der Waals surface area contributed by atoms with E-state index in [1.54, 1.807) is 0 Å². The van der Waals surface area contributed by atoms with E-state index in [-0.39, 0.29) is 11.6 Å². The lowest BCUT2D eigenvalue weighted by Crippen LogP contribution is -2.51. The van der Waals surface area contributed by atoms with Gasteiger partial charge in [0.2, 0.25) is 10.0 Å². The molecule has 20 heavy (non-hydrogen) atoms. The Labute approximate surface area is 123 Å². The molecule has 0 heterocycles. The Hall–Kier alpha value is -0.690. The van der Waals surface area contributed by atoms with Gasteiger partial charge in [-0.25, -0.2) is 17.5 Å². The normalized spacial score (nSPS) is 18.9. The summed E-state index contributed by atoms with van der Waals surface area (Å²) in [4.78, 5) is -0.402. The second-order valence-electron chi connectivity index (χ2n) is 5.32. The van der Waals surface area contributed by atoms with Crippen molar-refractivity contribution in [2.45, 2.75) is 42.5 Å². The first-order chi connectivity index (χ1) is 9.32. The van der Waals surface area contributed by atoms with Crippen LogP contribution in [0.2, 0.25) is 5.02 Å². The minimum Gasteiger partial charge on any atom is -0.324 e. The first-order valence-electron chi connectivity index (χ1n) is 6.56. The van der Waals surface area contributed by atoms with Gasteiger partial charge in [-0.1, -0.05) is 30.9 Å². The zero-order valence-corrected chi connectivity index (χ0v) is 12.6. The molecule has 0 spiro atoms. The fourth-order valence-electron chi connectivity index (χ4n) is 2.44. The summed E-state index contributed by atoms with van der Waals surface area (Å²) in [6.45, 7) is 0.122. The Bertz CT molecular complexity index is 586. The number of hydrogen-bond donors (Lipinski definition) is 2. The average molecular weight is 321 g/mol. The fourth-order valence-corrected chi connectivity index (χ4v) is 3.80. The van der Waals surface area contributed by atoms with Crippen molar-refractivity contribution in [3.63, 3.8) is 0 Å². The van der Waals surface area contributed by atoms with Crippen LogP contribution in [0.5, 0.6) is 0 Å². The van der Waals surface area contributed by atoms with Crippen LogP contribution in [-0.2, 0) is 10.0 Å². The van der Waals surface area contributed by atoms with Crippen LogP contribution < -0.4 is 10.5 Å². The zero-order valence-electron chi connectivity index (χ0n) is 11.0. The Morgan fingerprint density at radius 2 is 1.95 bits per heavy atom. The van der Waals surface area contributed by atoms with E-state index in [0.29, 0.717) is 0 Å². The average Bonchev–Trinajstić information content (AvgIpc) is 2.37. The van der Waals surface area contributed by atoms with Crippen molar-refractivity contribution in [3.05, 3.63) is 29.0 Å². The molecule has 3 N–H and O–H groups in total. The summed E-state index contributed by atoms with van der Waals surface area (Å²) in [5.41, 5.74) is 5.63. The largest absolute Gasteiger partial charge is 0.324 e. The molecule has 0 amide bonds. The molecule has 4 nitrogen and oxygen atoms in total. The lowest BCUT2D eigenvalue weighted by Gasteiger charge is -2.33. The Balaban J connectivity index is 2.11. The van der Waals surface area contributed by atoms with Crippen LogP contribution in [0.25, 0.3) is 0 Å². The fraction of sp³-hybridized carbons (Fsp3) is 0.538. The van der Waals surface area contributed by atoms with Gasteiger partial charge in [-0.2, -0.15) is 0 Å². The van der Waals surface area contributed by atoms with Crippen molar-refractivity contribution in [1.29, 1.82) is 0 Å². The molecule has 1 aromatic carbocycles. The molecule has 1 aromatic rings. The number of halogens is 2. The molecular formula is C13H18ClFN2O2S. The molecule has 1 aliphatic carbocycles. The van der Waals surface area contributed by atoms with E-state index < -0.39 is 26.3 Å². The van der Waals surface area contributed by atoms with E-state index in [0.717, 1.165) is 44.2 Å². The predicted octanol–water partition coefficient (Wildman–Crippen LogP) is 2.42. The van der Waals surface area contributed by atoms with Gasteiger partial charge < -0.3 is 5.73 Å². The van der Waals surface area contributed by atoms with E-state index in [1.807, 2.05) is 0 Å². The number of benzene rings is 1. The van der Waals surface area contributed by atoms with E-state index in [2.05, 4.69) is 4.72 Å². The van der Waals surface area contributed by atoms with Crippen LogP contribution >= 0.6 is 11.6 Å². The minimum atomic E-state index is -3.91. The number of hydrogen-bond acceptors (Lipinski definition) is 3. The first kappa shape index (κ1) is 15.7. The quantitative estimate of drug-likeness (QED) is 0.895. The second kappa shape index (κ2) is 5.97. The van der Waals surface area contributed by atoms with Crippen LogP contribution in [0, 0.1) is 5.82 Å². The molecule has 0 atom stereocenters. The number of rotatable bonds is 4. The monoisotopic (exact) mass is 320 g/mol. The maximum atomic E-state index is 13.7. The molecule has 7 heteroatoms. The van der Waals surface area contributed by atoms with E-state index >= 15 is 0 Å². The zero-order chi connectivity index (χ0) is 14.8. The predicted molar refractivity (Wildman–Crippen MR) is 76.6 cm³/mol. The van der Waals surface area contributed by atoms with Gasteiger partial charge in [0, 0.05) is 17.1 Å². The second-order valence-corrected chi connectivity index (χ2v) is 7.49. The van der Waals surface area contributed by atoms with Gasteiger partial charge in [-0.05, 0) is 31.0 Å². The van der Waals surface area contributed by atoms with Crippen molar-refractivity contribution in [1.82, 2.24) is 4.72 Å². The van der Waals surface area contributed by atoms with Crippen molar-refractivity contribution in [2.75, 3.05) is 6.54 Å². The third kappa shape index (κ3) is 3.69. The summed E-state index contributed by atoms with van der Waals surface area (Å²) in [5, 5.41) is 0.157. The molecule has 2 rings (SSSR count). The standard InChI is InChI=1S/C13H18ClFN2O2S/c14-10-4-5-12(11(15)8-10)20(18,19)17-9-13(16)6-2-1-3-7-13/h4-5,8,17H,1-3,6-7,9,16H2. The molecule has 1 aliphatic rings. The van der Waals surface area contributed by atoms with Crippen LogP contribution in [0.4, 0.5) is 4.39 Å². The molecule has 0 bridgehead atoms. The summed E-state index contributed by atoms with van der Waals surface area (Å²) in [6, 6.07) is 3.48. The van der Waals surface area contributed by atoms with Gasteiger partial charge in [-0.3, -0.25) is 0 Å². The Morgan fingerprint density at radius 3 is 2.55 bits per heavy atom. The summed E-state index contributed by atoms with van der Waals surface area (Å²) >= 11 is 5.61. The number of sulfonamides is 1. The van der Waals surface area contributed by atoms with E-state index in [1.165, 1.54) is 6.07 Å². The van der Waals surface area contributed by atoms with Crippen molar-refractivity contribution < 1.29 is 12.8 Å². The van der Waals surface area contributed by atoms with Crippen molar-refractivity contribution in [2.24, 2.45) is 5.73 Å². The molecule has 0 unspecified atom stereocenters. The summed E-state index contributed by atoms with van der Waals surface area (Å²) in [6.07, 6.45) is 4.66. The lowest BCUT2D eigenvalue weighted by molar-refractivity contribution is 0.296. The SMILES string of the molecule is NC1(CNS(=O)(=O)c2ccc(Cl)cc2F)CCCCC1. The molecule has 1 fully saturated rings. The van der Waals surface area contributed by atoms with E-state index in [4.69, 9.17) is 17.3 Å². The van der Waals surface area contributed by atoms with Gasteiger partial charge in [0.15, 0.2) is 0 Å².